The Kier molecular flexibility index (Phi) is 3.32. The van der Waals surface area contributed by atoms with Crippen LogP contribution in [0.1, 0.15) is 31.7 Å². The number of rotatable bonds is 3. The van der Waals surface area contributed by atoms with E-state index in [9.17, 15) is 9.59 Å². The number of nitrogens with one attached hydrogen (secondary N) is 1. The molecule has 1 fully saturated rings. The highest BCUT2D eigenvalue weighted by Gasteiger charge is 2.48. The number of aryl methyl sites for hydroxylation is 1. The van der Waals surface area contributed by atoms with Crippen LogP contribution in [0.5, 0.6) is 0 Å². The van der Waals surface area contributed by atoms with E-state index >= 15 is 0 Å². The maximum Gasteiger partial charge on any atom is 0.265 e. The van der Waals surface area contributed by atoms with Crippen molar-refractivity contribution in [1.82, 2.24) is 15.5 Å². The molecule has 2 heterocycles. The number of likely N-dealkylation sites (tertiary alicyclic amines) is 1. The maximum absolute atomic E-state index is 12.5. The van der Waals surface area contributed by atoms with Gasteiger partial charge in [0.05, 0.1) is 11.1 Å². The van der Waals surface area contributed by atoms with E-state index in [4.69, 9.17) is 9.73 Å². The van der Waals surface area contributed by atoms with Crippen LogP contribution in [0.2, 0.25) is 0 Å². The lowest BCUT2D eigenvalue weighted by molar-refractivity contribution is -0.143. The number of carbonyl (C=O) groups excluding carboxylic acids is 2. The Bertz CT molecular complexity index is 513. The summed E-state index contributed by atoms with van der Waals surface area (Å²) >= 11 is 0. The third-order valence-electron chi connectivity index (χ3n) is 3.74. The molecule has 1 aromatic rings. The molecule has 2 rings (SSSR count). The van der Waals surface area contributed by atoms with Gasteiger partial charge in [0.15, 0.2) is 0 Å². The average molecular weight is 267 g/mol. The zero-order valence-corrected chi connectivity index (χ0v) is 11.1. The zero-order valence-electron chi connectivity index (χ0n) is 11.1. The lowest BCUT2D eigenvalue weighted by atomic mass is 9.85. The lowest BCUT2D eigenvalue weighted by Crippen LogP contribution is -2.47. The first-order chi connectivity index (χ1) is 8.90. The summed E-state index contributed by atoms with van der Waals surface area (Å²) in [7, 11) is 0. The third-order valence-corrected chi connectivity index (χ3v) is 3.74. The molecule has 0 saturated carbocycles. The molecule has 104 valence electrons. The number of nitrogens with zero attached hydrogens (tertiary/aromatic N) is 2. The molecule has 2 N–H and O–H groups in total. The Labute approximate surface area is 110 Å². The average Bonchev–Trinajstić information content (AvgIpc) is 2.95. The molecule has 2 unspecified atom stereocenters. The zero-order chi connectivity index (χ0) is 14.2. The maximum atomic E-state index is 12.5. The fourth-order valence-corrected chi connectivity index (χ4v) is 2.34. The molecule has 1 aromatic heterocycles. The number of hydroxylamine groups is 1. The number of carbonyl (C=O) groups is 2. The highest BCUT2D eigenvalue weighted by molar-refractivity contribution is 5.93. The van der Waals surface area contributed by atoms with Crippen LogP contribution >= 0.6 is 0 Å². The van der Waals surface area contributed by atoms with E-state index in [-0.39, 0.29) is 5.91 Å². The van der Waals surface area contributed by atoms with Crippen LogP contribution in [0.4, 0.5) is 0 Å². The molecule has 0 bridgehead atoms. The second-order valence-corrected chi connectivity index (χ2v) is 5.06. The standard InChI is InChI=1S/C12H17N3O4/c1-7-6-9(14-19-7)12(3)4-5-15(11(12)17)8(2)10(16)13-18/h6,8,18H,4-5H2,1-3H3,(H,13,16). The molecule has 1 aliphatic rings. The van der Waals surface area contributed by atoms with Gasteiger partial charge in [-0.25, -0.2) is 5.48 Å². The first-order valence-electron chi connectivity index (χ1n) is 6.09. The summed E-state index contributed by atoms with van der Waals surface area (Å²) in [6, 6.07) is 1.02. The summed E-state index contributed by atoms with van der Waals surface area (Å²) in [6.45, 7) is 5.56. The summed E-state index contributed by atoms with van der Waals surface area (Å²) in [5.41, 5.74) is 1.37. The highest BCUT2D eigenvalue weighted by Crippen LogP contribution is 2.35. The second-order valence-electron chi connectivity index (χ2n) is 5.06. The number of amides is 2. The fourth-order valence-electron chi connectivity index (χ4n) is 2.34. The van der Waals surface area contributed by atoms with E-state index in [0.717, 1.165) is 0 Å². The molecule has 1 aliphatic heterocycles. The smallest absolute Gasteiger partial charge is 0.265 e. The van der Waals surface area contributed by atoms with Crippen LogP contribution in [-0.4, -0.2) is 39.7 Å². The van der Waals surface area contributed by atoms with Crippen molar-refractivity contribution in [1.29, 1.82) is 0 Å². The first kappa shape index (κ1) is 13.5. The van der Waals surface area contributed by atoms with Crippen LogP contribution in [0.25, 0.3) is 0 Å². The van der Waals surface area contributed by atoms with Gasteiger partial charge in [0.1, 0.15) is 11.8 Å². The van der Waals surface area contributed by atoms with E-state index in [1.807, 2.05) is 0 Å². The third kappa shape index (κ3) is 2.10. The molecule has 2 atom stereocenters. The second kappa shape index (κ2) is 4.65. The molecule has 7 nitrogen and oxygen atoms in total. The van der Waals surface area contributed by atoms with Gasteiger partial charge in [-0.1, -0.05) is 5.16 Å². The molecule has 1 saturated heterocycles. The largest absolute Gasteiger partial charge is 0.361 e. The Hall–Kier alpha value is -1.89. The minimum Gasteiger partial charge on any atom is -0.361 e. The van der Waals surface area contributed by atoms with Crippen molar-refractivity contribution in [3.63, 3.8) is 0 Å². The predicted molar refractivity (Wildman–Crippen MR) is 64.3 cm³/mol. The van der Waals surface area contributed by atoms with E-state index in [0.29, 0.717) is 24.4 Å². The Balaban J connectivity index is 2.24. The minimum absolute atomic E-state index is 0.183. The number of hydrogen-bond acceptors (Lipinski definition) is 5. The lowest BCUT2D eigenvalue weighted by Gasteiger charge is -2.25. The monoisotopic (exact) mass is 267 g/mol. The Morgan fingerprint density at radius 1 is 1.68 bits per heavy atom. The first-order valence-corrected chi connectivity index (χ1v) is 6.09. The van der Waals surface area contributed by atoms with Gasteiger partial charge in [0.25, 0.3) is 5.91 Å². The van der Waals surface area contributed by atoms with Crippen LogP contribution in [0, 0.1) is 6.92 Å². The van der Waals surface area contributed by atoms with Gasteiger partial charge in [-0.3, -0.25) is 14.8 Å². The summed E-state index contributed by atoms with van der Waals surface area (Å²) < 4.78 is 5.01. The summed E-state index contributed by atoms with van der Waals surface area (Å²) in [5.74, 6) is -0.144. The van der Waals surface area contributed by atoms with E-state index in [2.05, 4.69) is 5.16 Å². The van der Waals surface area contributed by atoms with Gasteiger partial charge in [0, 0.05) is 12.6 Å². The topological polar surface area (TPSA) is 95.7 Å². The minimum atomic E-state index is -0.776. The highest BCUT2D eigenvalue weighted by atomic mass is 16.5. The van der Waals surface area contributed by atoms with Crippen molar-refractivity contribution >= 4 is 11.8 Å². The van der Waals surface area contributed by atoms with Crippen molar-refractivity contribution in [2.45, 2.75) is 38.6 Å². The molecular formula is C12H17N3O4. The van der Waals surface area contributed by atoms with Crippen LogP contribution in [0.15, 0.2) is 10.6 Å². The molecule has 0 aliphatic carbocycles. The SMILES string of the molecule is Cc1cc(C2(C)CCN(C(C)C(=O)NO)C2=O)no1. The van der Waals surface area contributed by atoms with Gasteiger partial charge < -0.3 is 9.42 Å². The van der Waals surface area contributed by atoms with Crippen molar-refractivity contribution in [2.24, 2.45) is 0 Å². The molecule has 19 heavy (non-hydrogen) atoms. The molecule has 0 radical (unpaired) electrons. The van der Waals surface area contributed by atoms with E-state index < -0.39 is 17.4 Å². The van der Waals surface area contributed by atoms with Crippen molar-refractivity contribution in [3.8, 4) is 0 Å². The molecule has 0 aromatic carbocycles. The Morgan fingerprint density at radius 3 is 2.89 bits per heavy atom. The Morgan fingerprint density at radius 2 is 2.37 bits per heavy atom. The quantitative estimate of drug-likeness (QED) is 0.609. The predicted octanol–water partition coefficient (Wildman–Crippen LogP) is 0.367. The number of aromatic nitrogens is 1. The van der Waals surface area contributed by atoms with E-state index in [1.54, 1.807) is 32.3 Å². The van der Waals surface area contributed by atoms with Gasteiger partial charge in [-0.15, -0.1) is 0 Å². The summed E-state index contributed by atoms with van der Waals surface area (Å²) in [6.07, 6.45) is 0.556. The summed E-state index contributed by atoms with van der Waals surface area (Å²) in [4.78, 5) is 25.3. The van der Waals surface area contributed by atoms with Crippen molar-refractivity contribution in [3.05, 3.63) is 17.5 Å². The van der Waals surface area contributed by atoms with Crippen LogP contribution < -0.4 is 5.48 Å². The van der Waals surface area contributed by atoms with E-state index in [1.165, 1.54) is 4.90 Å². The molecule has 0 spiro atoms. The molecule has 2 amide bonds. The van der Waals surface area contributed by atoms with Crippen molar-refractivity contribution in [2.75, 3.05) is 6.54 Å². The van der Waals surface area contributed by atoms with Gasteiger partial charge >= 0.3 is 0 Å². The van der Waals surface area contributed by atoms with Gasteiger partial charge in [-0.2, -0.15) is 0 Å². The summed E-state index contributed by atoms with van der Waals surface area (Å²) in [5, 5.41) is 12.5. The van der Waals surface area contributed by atoms with Gasteiger partial charge in [-0.05, 0) is 27.2 Å². The normalized spacial score (nSPS) is 24.6. The fraction of sp³-hybridized carbons (Fsp3) is 0.583. The van der Waals surface area contributed by atoms with Crippen LogP contribution in [0.3, 0.4) is 0 Å². The molecular weight excluding hydrogens is 250 g/mol. The van der Waals surface area contributed by atoms with Crippen molar-refractivity contribution < 1.29 is 19.3 Å². The van der Waals surface area contributed by atoms with Crippen LogP contribution in [-0.2, 0) is 15.0 Å². The molecule has 7 heteroatoms. The number of hydrogen-bond donors (Lipinski definition) is 2. The van der Waals surface area contributed by atoms with Gasteiger partial charge in [0.2, 0.25) is 5.91 Å².